The molecule has 6 atom stereocenters. The summed E-state index contributed by atoms with van der Waals surface area (Å²) in [5.41, 5.74) is 4.43. The summed E-state index contributed by atoms with van der Waals surface area (Å²) in [5, 5.41) is 0. The summed E-state index contributed by atoms with van der Waals surface area (Å²) < 4.78 is 0. The van der Waals surface area contributed by atoms with Crippen molar-refractivity contribution < 1.29 is 0 Å². The lowest BCUT2D eigenvalue weighted by molar-refractivity contribution is -0.0172. The fraction of sp³-hybridized carbons (Fsp3) is 0.826. The van der Waals surface area contributed by atoms with E-state index in [1.54, 1.807) is 5.57 Å². The van der Waals surface area contributed by atoms with Crippen LogP contribution in [0.1, 0.15) is 86.0 Å². The Labute approximate surface area is 144 Å². The van der Waals surface area contributed by atoms with Crippen molar-refractivity contribution in [1.29, 1.82) is 0 Å². The van der Waals surface area contributed by atoms with Crippen LogP contribution < -0.4 is 0 Å². The summed E-state index contributed by atoms with van der Waals surface area (Å²) in [5.74, 6) is 3.76. The minimum atomic E-state index is 0.477. The Morgan fingerprint density at radius 3 is 2.39 bits per heavy atom. The monoisotopic (exact) mass is 314 g/mol. The zero-order valence-corrected chi connectivity index (χ0v) is 16.3. The molecule has 0 saturated heterocycles. The first-order valence-electron chi connectivity index (χ1n) is 10.3. The number of fused-ring (bicyclic) bond motifs is 5. The van der Waals surface area contributed by atoms with Gasteiger partial charge in [-0.1, -0.05) is 58.4 Å². The molecule has 0 bridgehead atoms. The Morgan fingerprint density at radius 2 is 1.65 bits per heavy atom. The first-order valence-corrected chi connectivity index (χ1v) is 10.3. The third-order valence-corrected chi connectivity index (χ3v) is 8.30. The topological polar surface area (TPSA) is 0 Å². The molecule has 0 heteroatoms. The lowest BCUT2D eigenvalue weighted by atomic mass is 9.47. The average molecular weight is 315 g/mol. The normalized spacial score (nSPS) is 48.4. The molecule has 0 aromatic carbocycles. The van der Waals surface area contributed by atoms with Crippen molar-refractivity contribution in [3.8, 4) is 0 Å². The van der Waals surface area contributed by atoms with Crippen molar-refractivity contribution >= 4 is 0 Å². The summed E-state index contributed by atoms with van der Waals surface area (Å²) in [6, 6.07) is 0. The molecule has 4 rings (SSSR count). The second-order valence-corrected chi connectivity index (χ2v) is 9.21. The molecule has 0 N–H and O–H groups in total. The summed E-state index contributed by atoms with van der Waals surface area (Å²) in [4.78, 5) is 0. The molecule has 3 saturated carbocycles. The van der Waals surface area contributed by atoms with Crippen molar-refractivity contribution in [2.45, 2.75) is 86.0 Å². The molecule has 4 aliphatic carbocycles. The van der Waals surface area contributed by atoms with Crippen LogP contribution >= 0.6 is 0 Å². The van der Waals surface area contributed by atoms with Crippen LogP contribution in [0.4, 0.5) is 0 Å². The number of hydrogen-bond donors (Lipinski definition) is 0. The fourth-order valence-electron chi connectivity index (χ4n) is 6.75. The van der Waals surface area contributed by atoms with Gasteiger partial charge in [0.2, 0.25) is 0 Å². The van der Waals surface area contributed by atoms with Gasteiger partial charge in [-0.2, -0.15) is 0 Å². The predicted molar refractivity (Wildman–Crippen MR) is 101 cm³/mol. The number of rotatable bonds is 0. The summed E-state index contributed by atoms with van der Waals surface area (Å²) >= 11 is 0. The van der Waals surface area contributed by atoms with Crippen LogP contribution in [0.25, 0.3) is 0 Å². The molecule has 23 heavy (non-hydrogen) atoms. The van der Waals surface area contributed by atoms with Gasteiger partial charge in [0.25, 0.3) is 0 Å². The molecule has 0 aromatic heterocycles. The molecule has 130 valence electrons. The Kier molecular flexibility index (Phi) is 4.58. The minimum Gasteiger partial charge on any atom is -0.0993 e. The van der Waals surface area contributed by atoms with Crippen molar-refractivity contribution in [3.63, 3.8) is 0 Å². The highest BCUT2D eigenvalue weighted by Gasteiger charge is 2.56. The van der Waals surface area contributed by atoms with E-state index < -0.39 is 0 Å². The molecular formula is C23H38. The van der Waals surface area contributed by atoms with E-state index >= 15 is 0 Å². The maximum absolute atomic E-state index is 4.44. The maximum Gasteiger partial charge on any atom is -0.00851 e. The first-order chi connectivity index (χ1) is 10.9. The smallest absolute Gasteiger partial charge is 0.00851 e. The lowest BCUT2D eigenvalue weighted by Crippen LogP contribution is -2.48. The molecule has 0 radical (unpaired) electrons. The molecule has 0 amide bonds. The van der Waals surface area contributed by atoms with Crippen LogP contribution in [0.3, 0.4) is 0 Å². The van der Waals surface area contributed by atoms with E-state index in [0.29, 0.717) is 10.8 Å². The molecule has 0 spiro atoms. The highest BCUT2D eigenvalue weighted by molar-refractivity contribution is 5.28. The Morgan fingerprint density at radius 1 is 1.00 bits per heavy atom. The zero-order valence-electron chi connectivity index (χ0n) is 16.3. The Balaban J connectivity index is 0.000000753. The van der Waals surface area contributed by atoms with Crippen LogP contribution in [0.5, 0.6) is 0 Å². The highest BCUT2D eigenvalue weighted by Crippen LogP contribution is 2.66. The molecule has 3 fully saturated rings. The average Bonchev–Trinajstić information content (AvgIpc) is 2.86. The van der Waals surface area contributed by atoms with Crippen LogP contribution in [0.2, 0.25) is 0 Å². The maximum atomic E-state index is 4.44. The van der Waals surface area contributed by atoms with Crippen molar-refractivity contribution in [1.82, 2.24) is 0 Å². The van der Waals surface area contributed by atoms with Gasteiger partial charge in [0.05, 0.1) is 0 Å². The quantitative estimate of drug-likeness (QED) is 0.416. The van der Waals surface area contributed by atoms with E-state index in [-0.39, 0.29) is 0 Å². The van der Waals surface area contributed by atoms with Gasteiger partial charge in [0.15, 0.2) is 0 Å². The van der Waals surface area contributed by atoms with E-state index in [2.05, 4.69) is 33.4 Å². The fourth-order valence-corrected chi connectivity index (χ4v) is 6.75. The minimum absolute atomic E-state index is 0.477. The van der Waals surface area contributed by atoms with E-state index in [9.17, 15) is 0 Å². The Bertz CT molecular complexity index is 498. The molecular weight excluding hydrogens is 276 g/mol. The van der Waals surface area contributed by atoms with E-state index in [1.165, 1.54) is 51.4 Å². The van der Waals surface area contributed by atoms with Gasteiger partial charge in [-0.15, -0.1) is 0 Å². The third-order valence-electron chi connectivity index (χ3n) is 8.30. The molecule has 0 nitrogen and oxygen atoms in total. The van der Waals surface area contributed by atoms with Gasteiger partial charge >= 0.3 is 0 Å². The van der Waals surface area contributed by atoms with Crippen LogP contribution in [-0.2, 0) is 0 Å². The summed E-state index contributed by atoms with van der Waals surface area (Å²) in [6.07, 6.45) is 13.9. The summed E-state index contributed by atoms with van der Waals surface area (Å²) in [6.45, 7) is 16.0. The van der Waals surface area contributed by atoms with Gasteiger partial charge in [-0.25, -0.2) is 0 Å². The van der Waals surface area contributed by atoms with Gasteiger partial charge < -0.3 is 0 Å². The van der Waals surface area contributed by atoms with Crippen LogP contribution in [0, 0.1) is 34.5 Å². The lowest BCUT2D eigenvalue weighted by Gasteiger charge is -2.57. The van der Waals surface area contributed by atoms with E-state index in [0.717, 1.165) is 23.7 Å². The standard InChI is InChI=1S/C21H32.C2H6/c1-14-9-11-21(4)16(13-14)6-7-17-18-8-5-15(2)20(18,3)12-10-19(17)21;1-2/h6,14,17-19H,2,5,7-13H2,1,3-4H3;1-2H3. The first kappa shape index (κ1) is 17.3. The number of hydrogen-bond acceptors (Lipinski definition) is 0. The third kappa shape index (κ3) is 2.47. The molecule has 0 aliphatic heterocycles. The Hall–Kier alpha value is -0.520. The van der Waals surface area contributed by atoms with Crippen molar-refractivity contribution in [2.75, 3.05) is 0 Å². The van der Waals surface area contributed by atoms with Gasteiger partial charge in [-0.05, 0) is 85.9 Å². The number of allylic oxidation sites excluding steroid dienone is 3. The van der Waals surface area contributed by atoms with Gasteiger partial charge in [0, 0.05) is 0 Å². The molecule has 0 aromatic rings. The highest BCUT2D eigenvalue weighted by atomic mass is 14.6. The second-order valence-electron chi connectivity index (χ2n) is 9.21. The SMILES string of the molecule is C=C1CCC2C3CC=C4CC(C)CCC4(C)C3CCC12C.CC. The van der Waals surface area contributed by atoms with Crippen LogP contribution in [0.15, 0.2) is 23.8 Å². The molecule has 0 heterocycles. The molecule has 4 aliphatic rings. The summed E-state index contributed by atoms with van der Waals surface area (Å²) in [7, 11) is 0. The molecule has 6 unspecified atom stereocenters. The zero-order chi connectivity index (χ0) is 16.8. The van der Waals surface area contributed by atoms with Crippen LogP contribution in [-0.4, -0.2) is 0 Å². The van der Waals surface area contributed by atoms with E-state index in [4.69, 9.17) is 0 Å². The largest absolute Gasteiger partial charge is 0.0993 e. The predicted octanol–water partition coefficient (Wildman–Crippen LogP) is 7.17. The van der Waals surface area contributed by atoms with Crippen molar-refractivity contribution in [2.24, 2.45) is 34.5 Å². The van der Waals surface area contributed by atoms with Gasteiger partial charge in [0.1, 0.15) is 0 Å². The van der Waals surface area contributed by atoms with Gasteiger partial charge in [-0.3, -0.25) is 0 Å². The van der Waals surface area contributed by atoms with E-state index in [1.807, 2.05) is 19.4 Å². The second kappa shape index (κ2) is 6.08. The van der Waals surface area contributed by atoms with Crippen molar-refractivity contribution in [3.05, 3.63) is 23.8 Å².